The normalized spacial score (nSPS) is 11.3. The highest BCUT2D eigenvalue weighted by Gasteiger charge is 2.23. The summed E-state index contributed by atoms with van der Waals surface area (Å²) in [4.78, 5) is 10.3. The summed E-state index contributed by atoms with van der Waals surface area (Å²) in [5, 5.41) is 0. The predicted octanol–water partition coefficient (Wildman–Crippen LogP) is 2.33. The Bertz CT molecular complexity index is 344. The van der Waals surface area contributed by atoms with E-state index in [0.29, 0.717) is 18.4 Å². The van der Waals surface area contributed by atoms with Crippen LogP contribution in [0.3, 0.4) is 0 Å². The summed E-state index contributed by atoms with van der Waals surface area (Å²) < 4.78 is 5.33. The van der Waals surface area contributed by atoms with Gasteiger partial charge in [0.05, 0.1) is 6.61 Å². The minimum atomic E-state index is -0.153. The summed E-state index contributed by atoms with van der Waals surface area (Å²) in [6.07, 6.45) is 1.50. The van der Waals surface area contributed by atoms with Gasteiger partial charge in [0.1, 0.15) is 12.1 Å². The zero-order valence-corrected chi connectivity index (χ0v) is 11.0. The number of hydrogen-bond acceptors (Lipinski definition) is 4. The van der Waals surface area contributed by atoms with Crippen LogP contribution in [0.1, 0.15) is 20.8 Å². The van der Waals surface area contributed by atoms with E-state index in [1.54, 1.807) is 0 Å². The fraction of sp³-hybridized carbons (Fsp3) is 0.636. The Morgan fingerprint density at radius 2 is 2.12 bits per heavy atom. The molecule has 0 aliphatic rings. The summed E-state index contributed by atoms with van der Waals surface area (Å²) in [7, 11) is 1.96. The van der Waals surface area contributed by atoms with Crippen molar-refractivity contribution in [2.24, 2.45) is 0 Å². The van der Waals surface area contributed by atoms with Crippen LogP contribution in [0.15, 0.2) is 12.4 Å². The maximum absolute atomic E-state index is 5.92. The van der Waals surface area contributed by atoms with E-state index in [-0.39, 0.29) is 5.54 Å². The van der Waals surface area contributed by atoms with E-state index in [2.05, 4.69) is 23.8 Å². The molecule has 1 rings (SSSR count). The first-order chi connectivity index (χ1) is 7.51. The van der Waals surface area contributed by atoms with Crippen molar-refractivity contribution >= 4 is 17.4 Å². The molecule has 90 valence electrons. The van der Waals surface area contributed by atoms with E-state index in [0.717, 1.165) is 5.82 Å². The van der Waals surface area contributed by atoms with E-state index >= 15 is 0 Å². The standard InChI is InChI=1S/C11H18ClN3O/c1-5-16-10-6-9(13-8-14-10)15(4)11(2,3)7-12/h6,8H,5,7H2,1-4H3. The van der Waals surface area contributed by atoms with Crippen LogP contribution in [0.25, 0.3) is 0 Å². The fourth-order valence-corrected chi connectivity index (χ4v) is 1.32. The Labute approximate surface area is 102 Å². The van der Waals surface area contributed by atoms with Crippen molar-refractivity contribution in [1.29, 1.82) is 0 Å². The molecule has 1 heterocycles. The SMILES string of the molecule is CCOc1cc(N(C)C(C)(C)CCl)ncn1. The van der Waals surface area contributed by atoms with Crippen LogP contribution in [0.2, 0.25) is 0 Å². The van der Waals surface area contributed by atoms with Gasteiger partial charge in [0.25, 0.3) is 0 Å². The second kappa shape index (κ2) is 5.34. The van der Waals surface area contributed by atoms with Crippen LogP contribution < -0.4 is 9.64 Å². The molecule has 0 spiro atoms. The highest BCUT2D eigenvalue weighted by Crippen LogP contribution is 2.23. The summed E-state index contributed by atoms with van der Waals surface area (Å²) in [5.41, 5.74) is -0.153. The van der Waals surface area contributed by atoms with Crippen molar-refractivity contribution in [3.63, 3.8) is 0 Å². The van der Waals surface area contributed by atoms with Crippen LogP contribution >= 0.6 is 11.6 Å². The molecule has 0 atom stereocenters. The van der Waals surface area contributed by atoms with Gasteiger partial charge in [0.2, 0.25) is 5.88 Å². The predicted molar refractivity (Wildman–Crippen MR) is 66.4 cm³/mol. The first-order valence-corrected chi connectivity index (χ1v) is 5.79. The molecule has 0 saturated carbocycles. The first-order valence-electron chi connectivity index (χ1n) is 5.26. The molecule has 0 radical (unpaired) electrons. The van der Waals surface area contributed by atoms with Gasteiger partial charge < -0.3 is 9.64 Å². The molecular weight excluding hydrogens is 226 g/mol. The minimum absolute atomic E-state index is 0.153. The van der Waals surface area contributed by atoms with E-state index in [1.165, 1.54) is 6.33 Å². The Morgan fingerprint density at radius 1 is 1.44 bits per heavy atom. The van der Waals surface area contributed by atoms with E-state index in [1.807, 2.05) is 24.9 Å². The van der Waals surface area contributed by atoms with Gasteiger partial charge in [-0.2, -0.15) is 0 Å². The molecule has 0 fully saturated rings. The minimum Gasteiger partial charge on any atom is -0.478 e. The first kappa shape index (κ1) is 13.0. The lowest BCUT2D eigenvalue weighted by Gasteiger charge is -2.34. The molecule has 0 N–H and O–H groups in total. The number of aromatic nitrogens is 2. The summed E-state index contributed by atoms with van der Waals surface area (Å²) in [6.45, 7) is 6.64. The van der Waals surface area contributed by atoms with Gasteiger partial charge in [-0.1, -0.05) is 0 Å². The second-order valence-electron chi connectivity index (χ2n) is 4.15. The number of anilines is 1. The van der Waals surface area contributed by atoms with Crippen LogP contribution in [0.4, 0.5) is 5.82 Å². The lowest BCUT2D eigenvalue weighted by molar-refractivity contribution is 0.326. The molecule has 0 bridgehead atoms. The summed E-state index contributed by atoms with van der Waals surface area (Å²) >= 11 is 5.92. The van der Waals surface area contributed by atoms with Crippen molar-refractivity contribution in [2.45, 2.75) is 26.3 Å². The molecule has 0 saturated heterocycles. The summed E-state index contributed by atoms with van der Waals surface area (Å²) in [5.74, 6) is 1.92. The smallest absolute Gasteiger partial charge is 0.218 e. The van der Waals surface area contributed by atoms with Gasteiger partial charge in [0.15, 0.2) is 0 Å². The quantitative estimate of drug-likeness (QED) is 0.744. The molecule has 1 aromatic rings. The monoisotopic (exact) mass is 243 g/mol. The van der Waals surface area contributed by atoms with Gasteiger partial charge in [-0.15, -0.1) is 11.6 Å². The number of hydrogen-bond donors (Lipinski definition) is 0. The van der Waals surface area contributed by atoms with Crippen molar-refractivity contribution in [3.8, 4) is 5.88 Å². The Kier molecular flexibility index (Phi) is 4.35. The van der Waals surface area contributed by atoms with Gasteiger partial charge in [0, 0.05) is 24.5 Å². The molecule has 1 aromatic heterocycles. The van der Waals surface area contributed by atoms with Crippen molar-refractivity contribution in [3.05, 3.63) is 12.4 Å². The molecule has 4 nitrogen and oxygen atoms in total. The van der Waals surface area contributed by atoms with Crippen molar-refractivity contribution in [2.75, 3.05) is 24.4 Å². The highest BCUT2D eigenvalue weighted by molar-refractivity contribution is 6.18. The number of halogens is 1. The number of rotatable bonds is 5. The fourth-order valence-electron chi connectivity index (χ4n) is 1.14. The molecular formula is C11H18ClN3O. The van der Waals surface area contributed by atoms with Gasteiger partial charge in [-0.05, 0) is 20.8 Å². The van der Waals surface area contributed by atoms with Crippen LogP contribution in [-0.4, -0.2) is 35.0 Å². The Balaban J connectivity index is 2.91. The molecule has 0 unspecified atom stereocenters. The lowest BCUT2D eigenvalue weighted by atomic mass is 10.1. The average Bonchev–Trinajstić information content (AvgIpc) is 2.29. The van der Waals surface area contributed by atoms with E-state index < -0.39 is 0 Å². The topological polar surface area (TPSA) is 38.2 Å². The zero-order valence-electron chi connectivity index (χ0n) is 10.2. The van der Waals surface area contributed by atoms with Crippen LogP contribution in [-0.2, 0) is 0 Å². The maximum Gasteiger partial charge on any atom is 0.218 e. The second-order valence-corrected chi connectivity index (χ2v) is 4.42. The van der Waals surface area contributed by atoms with Crippen molar-refractivity contribution in [1.82, 2.24) is 9.97 Å². The van der Waals surface area contributed by atoms with Gasteiger partial charge in [-0.25, -0.2) is 9.97 Å². The molecule has 16 heavy (non-hydrogen) atoms. The third-order valence-electron chi connectivity index (χ3n) is 2.50. The molecule has 0 aromatic carbocycles. The Hall–Kier alpha value is -1.03. The average molecular weight is 244 g/mol. The number of alkyl halides is 1. The molecule has 5 heteroatoms. The molecule has 0 amide bonds. The van der Waals surface area contributed by atoms with Gasteiger partial charge in [-0.3, -0.25) is 0 Å². The third-order valence-corrected chi connectivity index (χ3v) is 3.15. The highest BCUT2D eigenvalue weighted by atomic mass is 35.5. The zero-order chi connectivity index (χ0) is 12.2. The summed E-state index contributed by atoms with van der Waals surface area (Å²) in [6, 6.07) is 1.82. The largest absolute Gasteiger partial charge is 0.478 e. The van der Waals surface area contributed by atoms with Crippen LogP contribution in [0.5, 0.6) is 5.88 Å². The van der Waals surface area contributed by atoms with E-state index in [9.17, 15) is 0 Å². The van der Waals surface area contributed by atoms with E-state index in [4.69, 9.17) is 16.3 Å². The van der Waals surface area contributed by atoms with Crippen LogP contribution in [0, 0.1) is 0 Å². The lowest BCUT2D eigenvalue weighted by Crippen LogP contribution is -2.43. The number of nitrogens with zero attached hydrogens (tertiary/aromatic N) is 3. The Morgan fingerprint density at radius 3 is 2.69 bits per heavy atom. The maximum atomic E-state index is 5.92. The molecule has 0 aliphatic carbocycles. The van der Waals surface area contributed by atoms with Gasteiger partial charge >= 0.3 is 0 Å². The number of ether oxygens (including phenoxy) is 1. The molecule has 0 aliphatic heterocycles. The van der Waals surface area contributed by atoms with Crippen molar-refractivity contribution < 1.29 is 4.74 Å². The third kappa shape index (κ3) is 2.98.